The van der Waals surface area contributed by atoms with E-state index in [1.54, 1.807) is 0 Å². The average Bonchev–Trinajstić information content (AvgIpc) is 2.52. The summed E-state index contributed by atoms with van der Waals surface area (Å²) >= 11 is 0. The second kappa shape index (κ2) is 8.46. The van der Waals surface area contributed by atoms with Crippen molar-refractivity contribution in [1.82, 2.24) is 4.90 Å². The first kappa shape index (κ1) is 25.1. The average molecular weight is 441 g/mol. The van der Waals surface area contributed by atoms with E-state index in [2.05, 4.69) is 4.74 Å². The molecule has 28 heavy (non-hydrogen) atoms. The van der Waals surface area contributed by atoms with E-state index in [4.69, 9.17) is 4.74 Å². The van der Waals surface area contributed by atoms with Crippen molar-refractivity contribution in [2.45, 2.75) is 62.5 Å². The van der Waals surface area contributed by atoms with Crippen molar-refractivity contribution in [3.8, 4) is 0 Å². The molecule has 1 fully saturated rings. The number of ether oxygens (including phenoxy) is 2. The van der Waals surface area contributed by atoms with E-state index in [1.807, 2.05) is 0 Å². The molecule has 0 spiro atoms. The Labute approximate surface area is 152 Å². The van der Waals surface area contributed by atoms with Gasteiger partial charge in [0, 0.05) is 13.1 Å². The fourth-order valence-corrected chi connectivity index (χ4v) is 2.64. The fraction of sp³-hybridized carbons (Fsp3) is 1.00. The summed E-state index contributed by atoms with van der Waals surface area (Å²) in [6, 6.07) is -3.46. The predicted octanol–water partition coefficient (Wildman–Crippen LogP) is 4.21. The summed E-state index contributed by atoms with van der Waals surface area (Å²) in [6.07, 6.45) is -22.3. The molecule has 1 aliphatic rings. The lowest BCUT2D eigenvalue weighted by molar-refractivity contribution is -0.305. The van der Waals surface area contributed by atoms with Crippen LogP contribution >= 0.6 is 0 Å². The summed E-state index contributed by atoms with van der Waals surface area (Å²) in [5.41, 5.74) is 0. The van der Waals surface area contributed by atoms with Gasteiger partial charge in [-0.2, -0.15) is 26.3 Å². The van der Waals surface area contributed by atoms with E-state index >= 15 is 0 Å². The van der Waals surface area contributed by atoms with Gasteiger partial charge in [0.05, 0.1) is 13.2 Å². The molecule has 0 amide bonds. The van der Waals surface area contributed by atoms with Gasteiger partial charge in [-0.3, -0.25) is 4.90 Å². The Morgan fingerprint density at radius 1 is 0.750 bits per heavy atom. The SMILES string of the molecule is CC(OC(C)C(F)(F)C(N1CCOCC1)C(F)(F)F)C(F)(F)C(F)C(F)(F)F. The lowest BCUT2D eigenvalue weighted by Gasteiger charge is -2.42. The van der Waals surface area contributed by atoms with Crippen LogP contribution in [-0.2, 0) is 9.47 Å². The van der Waals surface area contributed by atoms with Crippen LogP contribution in [-0.4, -0.2) is 79.8 Å². The Morgan fingerprint density at radius 3 is 1.57 bits per heavy atom. The number of alkyl halides is 11. The lowest BCUT2D eigenvalue weighted by Crippen LogP contribution is -2.63. The van der Waals surface area contributed by atoms with Gasteiger partial charge < -0.3 is 9.47 Å². The van der Waals surface area contributed by atoms with Gasteiger partial charge in [-0.05, 0) is 13.8 Å². The molecule has 1 rings (SSSR count). The summed E-state index contributed by atoms with van der Waals surface area (Å²) in [5, 5.41) is 0. The molecule has 0 aliphatic carbocycles. The van der Waals surface area contributed by atoms with Gasteiger partial charge in [-0.15, -0.1) is 0 Å². The third-order valence-electron chi connectivity index (χ3n) is 4.20. The van der Waals surface area contributed by atoms with Gasteiger partial charge in [0.15, 0.2) is 6.04 Å². The molecular weight excluding hydrogens is 423 g/mol. The molecule has 0 aromatic carbocycles. The highest BCUT2D eigenvalue weighted by Crippen LogP contribution is 2.42. The molecule has 0 radical (unpaired) electrons. The van der Waals surface area contributed by atoms with E-state index in [-0.39, 0.29) is 20.1 Å². The van der Waals surface area contributed by atoms with Crippen molar-refractivity contribution in [2.75, 3.05) is 26.3 Å². The van der Waals surface area contributed by atoms with E-state index < -0.39 is 61.7 Å². The third kappa shape index (κ3) is 5.59. The molecule has 0 bridgehead atoms. The molecular formula is C14H18F11NO2. The monoisotopic (exact) mass is 441 g/mol. The number of nitrogens with zero attached hydrogens (tertiary/aromatic N) is 1. The number of halogens is 11. The first-order valence-electron chi connectivity index (χ1n) is 7.93. The zero-order valence-electron chi connectivity index (χ0n) is 14.6. The summed E-state index contributed by atoms with van der Waals surface area (Å²) in [4.78, 5) is 0.319. The minimum absolute atomic E-state index is 0.169. The quantitative estimate of drug-likeness (QED) is 0.553. The van der Waals surface area contributed by atoms with Crippen molar-refractivity contribution >= 4 is 0 Å². The van der Waals surface area contributed by atoms with Crippen LogP contribution in [0.4, 0.5) is 48.3 Å². The van der Waals surface area contributed by atoms with Crippen LogP contribution in [0.2, 0.25) is 0 Å². The maximum Gasteiger partial charge on any atom is 0.425 e. The topological polar surface area (TPSA) is 21.7 Å². The summed E-state index contributed by atoms with van der Waals surface area (Å²) < 4.78 is 154. The third-order valence-corrected chi connectivity index (χ3v) is 4.20. The number of morpholine rings is 1. The molecule has 4 atom stereocenters. The van der Waals surface area contributed by atoms with Gasteiger partial charge in [-0.25, -0.2) is 22.0 Å². The smallest absolute Gasteiger partial charge is 0.379 e. The molecule has 3 nitrogen and oxygen atoms in total. The second-order valence-corrected chi connectivity index (χ2v) is 6.27. The van der Waals surface area contributed by atoms with Crippen LogP contribution < -0.4 is 0 Å². The van der Waals surface area contributed by atoms with Crippen molar-refractivity contribution in [3.05, 3.63) is 0 Å². The van der Waals surface area contributed by atoms with E-state index in [0.717, 1.165) is 0 Å². The van der Waals surface area contributed by atoms with E-state index in [0.29, 0.717) is 11.8 Å². The van der Waals surface area contributed by atoms with Crippen LogP contribution in [0.3, 0.4) is 0 Å². The van der Waals surface area contributed by atoms with Gasteiger partial charge in [0.2, 0.25) is 0 Å². The minimum atomic E-state index is -6.02. The highest BCUT2D eigenvalue weighted by atomic mass is 19.4. The lowest BCUT2D eigenvalue weighted by atomic mass is 10.0. The Kier molecular flexibility index (Phi) is 7.60. The van der Waals surface area contributed by atoms with Gasteiger partial charge >= 0.3 is 18.3 Å². The zero-order valence-corrected chi connectivity index (χ0v) is 14.6. The molecule has 0 aromatic rings. The number of rotatable bonds is 7. The number of hydrogen-bond acceptors (Lipinski definition) is 3. The van der Waals surface area contributed by atoms with Crippen LogP contribution in [0, 0.1) is 0 Å². The Hall–Kier alpha value is -0.890. The standard InChI is InChI=1S/C14H18F11NO2/c1-7(11(16,17)9(15)13(20,21)22)28-8(2)12(18,19)10(14(23,24)25)26-3-5-27-6-4-26/h7-10H,3-6H2,1-2H3. The van der Waals surface area contributed by atoms with Gasteiger partial charge in [0.1, 0.15) is 12.2 Å². The zero-order chi connectivity index (χ0) is 22.1. The molecule has 4 unspecified atom stereocenters. The van der Waals surface area contributed by atoms with Crippen molar-refractivity contribution in [1.29, 1.82) is 0 Å². The molecule has 1 aliphatic heterocycles. The van der Waals surface area contributed by atoms with Gasteiger partial charge in [0.25, 0.3) is 12.1 Å². The first-order valence-corrected chi connectivity index (χ1v) is 7.93. The van der Waals surface area contributed by atoms with Crippen LogP contribution in [0.5, 0.6) is 0 Å². The van der Waals surface area contributed by atoms with Crippen molar-refractivity contribution in [2.24, 2.45) is 0 Å². The summed E-state index contributed by atoms with van der Waals surface area (Å²) in [5.74, 6) is -10.1. The molecule has 1 saturated heterocycles. The molecule has 0 aromatic heterocycles. The minimum Gasteiger partial charge on any atom is -0.379 e. The van der Waals surface area contributed by atoms with Crippen molar-refractivity contribution in [3.63, 3.8) is 0 Å². The van der Waals surface area contributed by atoms with E-state index in [1.165, 1.54) is 0 Å². The highest BCUT2D eigenvalue weighted by Gasteiger charge is 2.64. The van der Waals surface area contributed by atoms with Crippen LogP contribution in [0.15, 0.2) is 0 Å². The fourth-order valence-electron chi connectivity index (χ4n) is 2.64. The van der Waals surface area contributed by atoms with Gasteiger partial charge in [-0.1, -0.05) is 0 Å². The Morgan fingerprint density at radius 2 is 1.18 bits per heavy atom. The molecule has 1 heterocycles. The first-order chi connectivity index (χ1) is 12.4. The predicted molar refractivity (Wildman–Crippen MR) is 73.1 cm³/mol. The maximum atomic E-state index is 14.5. The largest absolute Gasteiger partial charge is 0.425 e. The molecule has 168 valence electrons. The normalized spacial score (nSPS) is 22.6. The highest BCUT2D eigenvalue weighted by molar-refractivity contribution is 4.97. The summed E-state index contributed by atoms with van der Waals surface area (Å²) in [7, 11) is 0. The second-order valence-electron chi connectivity index (χ2n) is 6.27. The van der Waals surface area contributed by atoms with Crippen LogP contribution in [0.25, 0.3) is 0 Å². The van der Waals surface area contributed by atoms with Crippen LogP contribution in [0.1, 0.15) is 13.8 Å². The molecule has 0 N–H and O–H groups in total. The van der Waals surface area contributed by atoms with Crippen molar-refractivity contribution < 1.29 is 57.8 Å². The maximum absolute atomic E-state index is 14.5. The number of hydrogen-bond donors (Lipinski definition) is 0. The van der Waals surface area contributed by atoms with E-state index in [9.17, 15) is 48.3 Å². The Bertz CT molecular complexity index is 502. The molecule has 0 saturated carbocycles. The Balaban J connectivity index is 3.04. The molecule has 14 heteroatoms. The summed E-state index contributed by atoms with van der Waals surface area (Å²) in [6.45, 7) is -1.20.